The number of hydrogen-bond donors (Lipinski definition) is 0. The van der Waals surface area contributed by atoms with Gasteiger partial charge in [0, 0.05) is 30.8 Å². The zero-order chi connectivity index (χ0) is 22.9. The number of alkyl halides is 3. The van der Waals surface area contributed by atoms with Gasteiger partial charge in [-0.1, -0.05) is 13.0 Å². The first-order valence-corrected chi connectivity index (χ1v) is 10.8. The van der Waals surface area contributed by atoms with Crippen LogP contribution in [0.15, 0.2) is 30.3 Å². The number of aromatic nitrogens is 3. The number of nitrogens with zero attached hydrogens (tertiary/aromatic N) is 4. The summed E-state index contributed by atoms with van der Waals surface area (Å²) in [4.78, 5) is 6.63. The number of methoxy groups -OCH3 is 1. The van der Waals surface area contributed by atoms with Crippen molar-refractivity contribution in [2.45, 2.75) is 45.3 Å². The van der Waals surface area contributed by atoms with E-state index in [4.69, 9.17) is 9.47 Å². The van der Waals surface area contributed by atoms with Crippen LogP contribution < -0.4 is 9.47 Å². The highest BCUT2D eigenvalue weighted by atomic mass is 19.4. The summed E-state index contributed by atoms with van der Waals surface area (Å²) in [6, 6.07) is 8.67. The van der Waals surface area contributed by atoms with Gasteiger partial charge in [-0.25, -0.2) is 9.50 Å². The van der Waals surface area contributed by atoms with Crippen LogP contribution in [0.25, 0.3) is 5.65 Å². The molecule has 6 nitrogen and oxygen atoms in total. The Kier molecular flexibility index (Phi) is 6.28. The number of aryl methyl sites for hydroxylation is 1. The maximum atomic E-state index is 13.5. The molecule has 0 radical (unpaired) electrons. The van der Waals surface area contributed by atoms with Crippen molar-refractivity contribution in [1.29, 1.82) is 0 Å². The van der Waals surface area contributed by atoms with Crippen molar-refractivity contribution in [1.82, 2.24) is 19.5 Å². The molecule has 0 saturated carbocycles. The third-order valence-corrected chi connectivity index (χ3v) is 5.78. The Morgan fingerprint density at radius 3 is 2.62 bits per heavy atom. The molecule has 32 heavy (non-hydrogen) atoms. The van der Waals surface area contributed by atoms with Crippen molar-refractivity contribution in [3.05, 3.63) is 53.0 Å². The Hall–Kier alpha value is -2.81. The van der Waals surface area contributed by atoms with Crippen LogP contribution in [0.1, 0.15) is 48.8 Å². The molecule has 1 saturated heterocycles. The van der Waals surface area contributed by atoms with Crippen LogP contribution in [0, 0.1) is 0 Å². The molecule has 0 unspecified atom stereocenters. The third kappa shape index (κ3) is 4.53. The number of benzene rings is 1. The topological polar surface area (TPSA) is 51.9 Å². The maximum absolute atomic E-state index is 13.5. The Balaban J connectivity index is 1.52. The number of halogens is 3. The van der Waals surface area contributed by atoms with E-state index < -0.39 is 11.9 Å². The molecule has 2 aromatic heterocycles. The molecule has 0 amide bonds. The third-order valence-electron chi connectivity index (χ3n) is 5.78. The first-order valence-electron chi connectivity index (χ1n) is 10.8. The van der Waals surface area contributed by atoms with Crippen molar-refractivity contribution in [3.63, 3.8) is 0 Å². The first kappa shape index (κ1) is 22.4. The molecule has 172 valence electrons. The molecule has 4 rings (SSSR count). The van der Waals surface area contributed by atoms with E-state index in [-0.39, 0.29) is 11.6 Å². The second-order valence-electron chi connectivity index (χ2n) is 7.96. The molecule has 0 spiro atoms. The van der Waals surface area contributed by atoms with Gasteiger partial charge in [0.05, 0.1) is 19.4 Å². The Labute approximate surface area is 185 Å². The summed E-state index contributed by atoms with van der Waals surface area (Å²) in [7, 11) is 1.62. The smallest absolute Gasteiger partial charge is 0.433 e. The summed E-state index contributed by atoms with van der Waals surface area (Å²) in [5, 5.41) is 4.31. The van der Waals surface area contributed by atoms with E-state index in [1.165, 1.54) is 0 Å². The van der Waals surface area contributed by atoms with Crippen LogP contribution in [-0.4, -0.2) is 46.3 Å². The maximum Gasteiger partial charge on any atom is 0.433 e. The highest BCUT2D eigenvalue weighted by molar-refractivity contribution is 5.44. The Bertz CT molecular complexity index is 1100. The predicted octanol–water partition coefficient (Wildman–Crippen LogP) is 4.71. The molecular weight excluding hydrogens is 421 g/mol. The second-order valence-corrected chi connectivity index (χ2v) is 7.96. The number of fused-ring (bicyclic) bond motifs is 1. The monoisotopic (exact) mass is 448 g/mol. The molecule has 0 aliphatic carbocycles. The van der Waals surface area contributed by atoms with E-state index in [9.17, 15) is 13.2 Å². The molecule has 1 fully saturated rings. The van der Waals surface area contributed by atoms with Gasteiger partial charge < -0.3 is 9.47 Å². The van der Waals surface area contributed by atoms with Crippen LogP contribution in [0.3, 0.4) is 0 Å². The van der Waals surface area contributed by atoms with E-state index in [0.29, 0.717) is 35.9 Å². The molecule has 9 heteroatoms. The lowest BCUT2D eigenvalue weighted by Gasteiger charge is -2.17. The van der Waals surface area contributed by atoms with Crippen molar-refractivity contribution in [2.75, 3.05) is 26.8 Å². The van der Waals surface area contributed by atoms with Gasteiger partial charge >= 0.3 is 6.18 Å². The van der Waals surface area contributed by atoms with Gasteiger partial charge in [-0.3, -0.25) is 4.90 Å². The minimum Gasteiger partial charge on any atom is -0.493 e. The summed E-state index contributed by atoms with van der Waals surface area (Å²) >= 11 is 0. The van der Waals surface area contributed by atoms with Crippen molar-refractivity contribution >= 4 is 5.65 Å². The first-order chi connectivity index (χ1) is 15.3. The molecular formula is C23H27F3N4O2. The SMILES string of the molecule is CCOc1ccc(CN2CC[C@H](c3cc4nc(CC)cc(C(F)(F)F)n4n3)C2)cc1OC. The second kappa shape index (κ2) is 8.97. The summed E-state index contributed by atoms with van der Waals surface area (Å²) in [6.07, 6.45) is -3.22. The Morgan fingerprint density at radius 1 is 1.12 bits per heavy atom. The van der Waals surface area contributed by atoms with Gasteiger partial charge in [0.25, 0.3) is 0 Å². The van der Waals surface area contributed by atoms with E-state index in [1.807, 2.05) is 25.1 Å². The normalized spacial score (nSPS) is 17.2. The van der Waals surface area contributed by atoms with Gasteiger partial charge in [-0.05, 0) is 50.1 Å². The number of rotatable bonds is 7. The quantitative estimate of drug-likeness (QED) is 0.524. The highest BCUT2D eigenvalue weighted by Crippen LogP contribution is 2.34. The predicted molar refractivity (Wildman–Crippen MR) is 114 cm³/mol. The summed E-state index contributed by atoms with van der Waals surface area (Å²) in [5.41, 5.74) is 1.63. The molecule has 1 aliphatic heterocycles. The Morgan fingerprint density at radius 2 is 1.94 bits per heavy atom. The van der Waals surface area contributed by atoms with Gasteiger partial charge in [0.15, 0.2) is 17.1 Å². The molecule has 3 heterocycles. The number of hydrogen-bond acceptors (Lipinski definition) is 5. The number of ether oxygens (including phenoxy) is 2. The lowest BCUT2D eigenvalue weighted by atomic mass is 10.1. The van der Waals surface area contributed by atoms with Crippen molar-refractivity contribution in [3.8, 4) is 11.5 Å². The van der Waals surface area contributed by atoms with Gasteiger partial charge in [-0.15, -0.1) is 0 Å². The summed E-state index contributed by atoms with van der Waals surface area (Å²) in [5.74, 6) is 1.47. The molecule has 1 atom stereocenters. The van der Waals surface area contributed by atoms with Crippen LogP contribution in [0.5, 0.6) is 11.5 Å². The van der Waals surface area contributed by atoms with Crippen LogP contribution in [0.2, 0.25) is 0 Å². The lowest BCUT2D eigenvalue weighted by Crippen LogP contribution is -2.20. The molecule has 1 aromatic carbocycles. The fourth-order valence-electron chi connectivity index (χ4n) is 4.19. The molecule has 0 bridgehead atoms. The van der Waals surface area contributed by atoms with Crippen molar-refractivity contribution in [2.24, 2.45) is 0 Å². The fourth-order valence-corrected chi connectivity index (χ4v) is 4.19. The van der Waals surface area contributed by atoms with E-state index in [1.54, 1.807) is 20.1 Å². The lowest BCUT2D eigenvalue weighted by molar-refractivity contribution is -0.142. The molecule has 0 N–H and O–H groups in total. The van der Waals surface area contributed by atoms with Gasteiger partial charge in [0.2, 0.25) is 0 Å². The highest BCUT2D eigenvalue weighted by Gasteiger charge is 2.36. The van der Waals surface area contributed by atoms with Crippen LogP contribution in [-0.2, 0) is 19.1 Å². The van der Waals surface area contributed by atoms with Gasteiger partial charge in [-0.2, -0.15) is 18.3 Å². The zero-order valence-electron chi connectivity index (χ0n) is 18.4. The van der Waals surface area contributed by atoms with Crippen LogP contribution >= 0.6 is 0 Å². The summed E-state index contributed by atoms with van der Waals surface area (Å²) < 4.78 is 52.6. The molecule has 3 aromatic rings. The van der Waals surface area contributed by atoms with E-state index in [0.717, 1.165) is 42.2 Å². The number of likely N-dealkylation sites (tertiary alicyclic amines) is 1. The summed E-state index contributed by atoms with van der Waals surface area (Å²) in [6.45, 7) is 6.56. The van der Waals surface area contributed by atoms with Crippen molar-refractivity contribution < 1.29 is 22.6 Å². The average molecular weight is 448 g/mol. The van der Waals surface area contributed by atoms with E-state index >= 15 is 0 Å². The van der Waals surface area contributed by atoms with Gasteiger partial charge in [0.1, 0.15) is 5.69 Å². The fraction of sp³-hybridized carbons (Fsp3) is 0.478. The minimum absolute atomic E-state index is 0.0625. The minimum atomic E-state index is -4.48. The average Bonchev–Trinajstić information content (AvgIpc) is 3.40. The standard InChI is InChI=1S/C23H27F3N4O2/c1-4-17-11-21(23(24,25)26)30-22(27-17)12-18(28-30)16-8-9-29(14-16)13-15-6-7-19(32-5-2)20(10-15)31-3/h6-7,10-12,16H,4-5,8-9,13-14H2,1-3H3/t16-/m0/s1. The zero-order valence-corrected chi connectivity index (χ0v) is 18.4. The largest absolute Gasteiger partial charge is 0.493 e. The van der Waals surface area contributed by atoms with E-state index in [2.05, 4.69) is 15.0 Å². The molecule has 1 aliphatic rings. The van der Waals surface area contributed by atoms with Crippen LogP contribution in [0.4, 0.5) is 13.2 Å².